The fourth-order valence-electron chi connectivity index (χ4n) is 1.74. The third-order valence-electron chi connectivity index (χ3n) is 2.81. The Morgan fingerprint density at radius 2 is 1.95 bits per heavy atom. The number of pyridine rings is 1. The van der Waals surface area contributed by atoms with Crippen molar-refractivity contribution < 1.29 is 18.0 Å². The highest BCUT2D eigenvalue weighted by atomic mass is 19.2. The molecule has 1 aromatic carbocycles. The lowest BCUT2D eigenvalue weighted by Crippen LogP contribution is -2.15. The molecule has 0 spiro atoms. The first kappa shape index (κ1) is 14.8. The van der Waals surface area contributed by atoms with Crippen LogP contribution in [-0.2, 0) is 6.42 Å². The molecule has 0 fully saturated rings. The van der Waals surface area contributed by atoms with Gasteiger partial charge in [-0.05, 0) is 30.7 Å². The van der Waals surface area contributed by atoms with Crippen LogP contribution in [0.2, 0.25) is 0 Å². The van der Waals surface area contributed by atoms with Crippen molar-refractivity contribution in [3.8, 4) is 0 Å². The minimum Gasteiger partial charge on any atom is -0.384 e. The van der Waals surface area contributed by atoms with Crippen molar-refractivity contribution in [2.45, 2.75) is 13.3 Å². The summed E-state index contributed by atoms with van der Waals surface area (Å²) in [5.41, 5.74) is 5.86. The Balaban J connectivity index is 2.30. The van der Waals surface area contributed by atoms with E-state index >= 15 is 0 Å². The lowest BCUT2D eigenvalue weighted by molar-refractivity contribution is 0.102. The van der Waals surface area contributed by atoms with Crippen LogP contribution in [-0.4, -0.2) is 10.9 Å². The number of nitrogens with zero attached hydrogens (tertiary/aromatic N) is 1. The summed E-state index contributed by atoms with van der Waals surface area (Å²) in [6.45, 7) is 1.83. The first-order chi connectivity index (χ1) is 9.92. The summed E-state index contributed by atoms with van der Waals surface area (Å²) in [7, 11) is 0. The number of anilines is 2. The van der Waals surface area contributed by atoms with Gasteiger partial charge in [0, 0.05) is 11.3 Å². The predicted molar refractivity (Wildman–Crippen MR) is 72.3 cm³/mol. The lowest BCUT2D eigenvalue weighted by Gasteiger charge is -2.09. The Kier molecular flexibility index (Phi) is 4.11. The third-order valence-corrected chi connectivity index (χ3v) is 2.81. The molecule has 2 rings (SSSR count). The number of aromatic nitrogens is 1. The number of hydrogen-bond acceptors (Lipinski definition) is 3. The molecule has 0 atom stereocenters. The molecule has 0 bridgehead atoms. The Labute approximate surface area is 118 Å². The molecule has 0 saturated heterocycles. The number of nitrogen functional groups attached to an aromatic ring is 1. The normalized spacial score (nSPS) is 10.5. The molecule has 0 unspecified atom stereocenters. The smallest absolute Gasteiger partial charge is 0.255 e. The van der Waals surface area contributed by atoms with Crippen LogP contribution in [0.4, 0.5) is 24.7 Å². The second-order valence-electron chi connectivity index (χ2n) is 4.30. The molecule has 21 heavy (non-hydrogen) atoms. The molecular formula is C14H12F3N3O. The van der Waals surface area contributed by atoms with E-state index < -0.39 is 29.0 Å². The van der Waals surface area contributed by atoms with Crippen molar-refractivity contribution in [1.82, 2.24) is 4.98 Å². The van der Waals surface area contributed by atoms with E-state index in [-0.39, 0.29) is 11.4 Å². The van der Waals surface area contributed by atoms with Crippen LogP contribution >= 0.6 is 0 Å². The summed E-state index contributed by atoms with van der Waals surface area (Å²) in [5.74, 6) is -4.97. The van der Waals surface area contributed by atoms with Gasteiger partial charge in [-0.1, -0.05) is 6.92 Å². The zero-order chi connectivity index (χ0) is 15.6. The van der Waals surface area contributed by atoms with Crippen LogP contribution in [0, 0.1) is 17.5 Å². The lowest BCUT2D eigenvalue weighted by atomic mass is 10.1. The van der Waals surface area contributed by atoms with Gasteiger partial charge in [-0.3, -0.25) is 4.79 Å². The zero-order valence-electron chi connectivity index (χ0n) is 11.1. The first-order valence-electron chi connectivity index (χ1n) is 6.13. The Hall–Kier alpha value is -2.57. The van der Waals surface area contributed by atoms with Crippen molar-refractivity contribution in [1.29, 1.82) is 0 Å². The van der Waals surface area contributed by atoms with Gasteiger partial charge in [0.2, 0.25) is 0 Å². The summed E-state index contributed by atoms with van der Waals surface area (Å²) in [4.78, 5) is 16.0. The number of amides is 1. The number of nitrogens with one attached hydrogen (secondary N) is 1. The fraction of sp³-hybridized carbons (Fsp3) is 0.143. The van der Waals surface area contributed by atoms with E-state index in [1.54, 1.807) is 0 Å². The molecule has 1 aromatic heterocycles. The molecular weight excluding hydrogens is 283 g/mol. The maximum Gasteiger partial charge on any atom is 0.255 e. The van der Waals surface area contributed by atoms with E-state index in [2.05, 4.69) is 10.3 Å². The predicted octanol–water partition coefficient (Wildman–Crippen LogP) is 2.90. The maximum absolute atomic E-state index is 13.5. The molecule has 4 nitrogen and oxygen atoms in total. The number of nitrogens with two attached hydrogens (primary N) is 1. The monoisotopic (exact) mass is 295 g/mol. The second-order valence-corrected chi connectivity index (χ2v) is 4.30. The number of rotatable bonds is 3. The minimum atomic E-state index is -1.64. The maximum atomic E-state index is 13.5. The number of hydrogen-bond donors (Lipinski definition) is 2. The van der Waals surface area contributed by atoms with Gasteiger partial charge in [0.25, 0.3) is 5.91 Å². The highest BCUT2D eigenvalue weighted by Crippen LogP contribution is 2.20. The zero-order valence-corrected chi connectivity index (χ0v) is 11.1. The van der Waals surface area contributed by atoms with Crippen molar-refractivity contribution in [3.63, 3.8) is 0 Å². The second kappa shape index (κ2) is 5.82. The molecule has 0 saturated carbocycles. The van der Waals surface area contributed by atoms with E-state index in [4.69, 9.17) is 5.73 Å². The molecule has 110 valence electrons. The summed E-state index contributed by atoms with van der Waals surface area (Å²) < 4.78 is 39.4. The van der Waals surface area contributed by atoms with Crippen molar-refractivity contribution in [2.24, 2.45) is 0 Å². The minimum absolute atomic E-state index is 0.144. The molecule has 1 amide bonds. The number of halogens is 3. The molecule has 2 aromatic rings. The van der Waals surface area contributed by atoms with Gasteiger partial charge in [0.05, 0.1) is 5.69 Å². The van der Waals surface area contributed by atoms with Crippen molar-refractivity contribution in [3.05, 3.63) is 53.0 Å². The third kappa shape index (κ3) is 3.13. The van der Waals surface area contributed by atoms with Crippen LogP contribution in [0.5, 0.6) is 0 Å². The van der Waals surface area contributed by atoms with Gasteiger partial charge in [0.15, 0.2) is 17.5 Å². The largest absolute Gasteiger partial charge is 0.384 e. The van der Waals surface area contributed by atoms with Crippen molar-refractivity contribution >= 4 is 17.4 Å². The SMILES string of the molecule is CCc1cc(C(=O)Nc2ccc(F)c(F)c2F)cc(N)n1. The van der Waals surface area contributed by atoms with Gasteiger partial charge in [-0.2, -0.15) is 0 Å². The van der Waals surface area contributed by atoms with Crippen LogP contribution in [0.3, 0.4) is 0 Å². The van der Waals surface area contributed by atoms with Gasteiger partial charge in [-0.25, -0.2) is 18.2 Å². The molecule has 0 aliphatic heterocycles. The molecule has 7 heteroatoms. The first-order valence-corrected chi connectivity index (χ1v) is 6.13. The van der Waals surface area contributed by atoms with Crippen LogP contribution in [0.1, 0.15) is 23.0 Å². The quantitative estimate of drug-likeness (QED) is 0.856. The summed E-state index contributed by atoms with van der Waals surface area (Å²) in [5, 5.41) is 2.17. The van der Waals surface area contributed by atoms with E-state index in [0.717, 1.165) is 12.1 Å². The fourth-order valence-corrected chi connectivity index (χ4v) is 1.74. The standard InChI is InChI=1S/C14H12F3N3O/c1-2-8-5-7(6-11(18)19-8)14(21)20-10-4-3-9(15)12(16)13(10)17/h3-6H,2H2,1H3,(H2,18,19)(H,20,21). The highest BCUT2D eigenvalue weighted by molar-refractivity contribution is 6.04. The van der Waals surface area contributed by atoms with Crippen molar-refractivity contribution in [2.75, 3.05) is 11.1 Å². The van der Waals surface area contributed by atoms with Gasteiger partial charge >= 0.3 is 0 Å². The average molecular weight is 295 g/mol. The van der Waals surface area contributed by atoms with Crippen LogP contribution in [0.25, 0.3) is 0 Å². The van der Waals surface area contributed by atoms with Crippen LogP contribution < -0.4 is 11.1 Å². The van der Waals surface area contributed by atoms with Gasteiger partial charge < -0.3 is 11.1 Å². The number of benzene rings is 1. The van der Waals surface area contributed by atoms with E-state index in [9.17, 15) is 18.0 Å². The van der Waals surface area contributed by atoms with Crippen LogP contribution in [0.15, 0.2) is 24.3 Å². The van der Waals surface area contributed by atoms with E-state index in [1.807, 2.05) is 6.92 Å². The number of carbonyl (C=O) groups is 1. The summed E-state index contributed by atoms with van der Waals surface area (Å²) in [6, 6.07) is 4.47. The van der Waals surface area contributed by atoms with Gasteiger partial charge in [0.1, 0.15) is 5.82 Å². The summed E-state index contributed by atoms with van der Waals surface area (Å²) in [6.07, 6.45) is 0.560. The van der Waals surface area contributed by atoms with E-state index in [0.29, 0.717) is 12.1 Å². The number of carbonyl (C=O) groups excluding carboxylic acids is 1. The average Bonchev–Trinajstić information content (AvgIpc) is 2.47. The Bertz CT molecular complexity index is 704. The highest BCUT2D eigenvalue weighted by Gasteiger charge is 2.16. The van der Waals surface area contributed by atoms with Gasteiger partial charge in [-0.15, -0.1) is 0 Å². The molecule has 0 aliphatic carbocycles. The molecule has 0 aliphatic rings. The molecule has 3 N–H and O–H groups in total. The molecule has 1 heterocycles. The van der Waals surface area contributed by atoms with E-state index in [1.165, 1.54) is 12.1 Å². The Morgan fingerprint density at radius 3 is 2.62 bits per heavy atom. The summed E-state index contributed by atoms with van der Waals surface area (Å²) >= 11 is 0. The topological polar surface area (TPSA) is 68.0 Å². The Morgan fingerprint density at radius 1 is 1.24 bits per heavy atom. The number of aryl methyl sites for hydroxylation is 1. The molecule has 0 radical (unpaired) electrons.